The molecule has 0 bridgehead atoms. The van der Waals surface area contributed by atoms with Crippen LogP contribution in [0.1, 0.15) is 31.0 Å². The van der Waals surface area contributed by atoms with Crippen LogP contribution in [0.3, 0.4) is 0 Å². The quantitative estimate of drug-likeness (QED) is 0.800. The fourth-order valence-electron chi connectivity index (χ4n) is 3.64. The van der Waals surface area contributed by atoms with E-state index in [4.69, 9.17) is 4.74 Å². The number of fused-ring (bicyclic) bond motifs is 1. The second-order valence-electron chi connectivity index (χ2n) is 6.48. The highest BCUT2D eigenvalue weighted by molar-refractivity contribution is 5.89. The number of aryl methyl sites for hydroxylation is 1. The van der Waals surface area contributed by atoms with Crippen molar-refractivity contribution in [3.8, 4) is 5.88 Å². The smallest absolute Gasteiger partial charge is 0.214 e. The summed E-state index contributed by atoms with van der Waals surface area (Å²) >= 11 is 0. The molecule has 0 saturated heterocycles. The van der Waals surface area contributed by atoms with E-state index in [9.17, 15) is 4.79 Å². The van der Waals surface area contributed by atoms with Gasteiger partial charge in [-0.3, -0.25) is 9.78 Å². The van der Waals surface area contributed by atoms with Gasteiger partial charge in [0.25, 0.3) is 0 Å². The summed E-state index contributed by atoms with van der Waals surface area (Å²) < 4.78 is 6.00. The minimum absolute atomic E-state index is 0.00241. The van der Waals surface area contributed by atoms with Crippen LogP contribution in [-0.2, 0) is 10.2 Å². The van der Waals surface area contributed by atoms with Gasteiger partial charge in [-0.15, -0.1) is 0 Å². The van der Waals surface area contributed by atoms with Crippen molar-refractivity contribution >= 4 is 16.8 Å². The molecule has 0 unspecified atom stereocenters. The number of nitrogens with zero attached hydrogens (tertiary/aromatic N) is 2. The number of carbonyl (C=O) groups excluding carboxylic acids is 1. The van der Waals surface area contributed by atoms with Gasteiger partial charge in [0.15, 0.2) is 0 Å². The maximum atomic E-state index is 12.3. The zero-order valence-corrected chi connectivity index (χ0v) is 13.7. The van der Waals surface area contributed by atoms with Crippen molar-refractivity contribution in [2.75, 3.05) is 0 Å². The van der Waals surface area contributed by atoms with E-state index in [-0.39, 0.29) is 11.9 Å². The second kappa shape index (κ2) is 5.44. The van der Waals surface area contributed by atoms with Crippen molar-refractivity contribution in [3.05, 3.63) is 54.0 Å². The minimum atomic E-state index is -0.471. The summed E-state index contributed by atoms with van der Waals surface area (Å²) in [5.41, 5.74) is 3.33. The Morgan fingerprint density at radius 3 is 2.88 bits per heavy atom. The highest BCUT2D eigenvalue weighted by Crippen LogP contribution is 2.47. The van der Waals surface area contributed by atoms with Crippen molar-refractivity contribution in [3.63, 3.8) is 0 Å². The van der Waals surface area contributed by atoms with E-state index >= 15 is 0 Å². The van der Waals surface area contributed by atoms with Crippen LogP contribution in [0.25, 0.3) is 11.0 Å². The molecule has 0 spiro atoms. The van der Waals surface area contributed by atoms with Gasteiger partial charge in [-0.25, -0.2) is 4.98 Å². The second-order valence-corrected chi connectivity index (χ2v) is 6.48. The van der Waals surface area contributed by atoms with Gasteiger partial charge in [-0.2, -0.15) is 0 Å². The van der Waals surface area contributed by atoms with Gasteiger partial charge in [0.2, 0.25) is 5.88 Å². The number of nitrogens with one attached hydrogen (secondary N) is 1. The van der Waals surface area contributed by atoms with Crippen LogP contribution in [0.2, 0.25) is 0 Å². The van der Waals surface area contributed by atoms with Gasteiger partial charge in [0, 0.05) is 37.0 Å². The molecule has 122 valence electrons. The first-order chi connectivity index (χ1) is 11.6. The topological polar surface area (TPSA) is 67.9 Å². The van der Waals surface area contributed by atoms with E-state index in [1.54, 1.807) is 13.1 Å². The highest BCUT2D eigenvalue weighted by atomic mass is 16.5. The molecule has 5 heteroatoms. The van der Waals surface area contributed by atoms with Gasteiger partial charge in [-0.1, -0.05) is 6.07 Å². The molecule has 24 heavy (non-hydrogen) atoms. The Hall–Kier alpha value is -2.69. The third-order valence-electron chi connectivity index (χ3n) is 5.02. The summed E-state index contributed by atoms with van der Waals surface area (Å²) in [5.74, 6) is 0.777. The summed E-state index contributed by atoms with van der Waals surface area (Å²) in [4.78, 5) is 24.3. The van der Waals surface area contributed by atoms with Crippen molar-refractivity contribution in [1.29, 1.82) is 0 Å². The summed E-state index contributed by atoms with van der Waals surface area (Å²) in [6.07, 6.45) is 4.95. The molecular formula is C19H19N3O2. The summed E-state index contributed by atoms with van der Waals surface area (Å²) in [7, 11) is 0. The van der Waals surface area contributed by atoms with E-state index in [1.807, 2.05) is 43.5 Å². The first-order valence-corrected chi connectivity index (χ1v) is 8.12. The fraction of sp³-hybridized carbons (Fsp3) is 0.316. The monoisotopic (exact) mass is 321 g/mol. The predicted molar refractivity (Wildman–Crippen MR) is 91.1 cm³/mol. The molecule has 0 radical (unpaired) electrons. The number of hydrogen-bond acceptors (Lipinski definition) is 4. The zero-order chi connectivity index (χ0) is 16.7. The maximum Gasteiger partial charge on any atom is 0.214 e. The van der Waals surface area contributed by atoms with Crippen molar-refractivity contribution in [1.82, 2.24) is 15.0 Å². The van der Waals surface area contributed by atoms with Crippen molar-refractivity contribution in [2.45, 2.75) is 38.2 Å². The predicted octanol–water partition coefficient (Wildman–Crippen LogP) is 3.33. The summed E-state index contributed by atoms with van der Waals surface area (Å²) in [5, 5.41) is 0. The Morgan fingerprint density at radius 1 is 1.29 bits per heavy atom. The number of carbonyl (C=O) groups is 1. The Balaban J connectivity index is 1.54. The Morgan fingerprint density at radius 2 is 2.12 bits per heavy atom. The van der Waals surface area contributed by atoms with E-state index in [0.29, 0.717) is 18.7 Å². The van der Waals surface area contributed by atoms with E-state index in [1.165, 1.54) is 0 Å². The number of ether oxygens (including phenoxy) is 1. The van der Waals surface area contributed by atoms with Crippen LogP contribution in [-0.4, -0.2) is 26.8 Å². The molecular weight excluding hydrogens is 302 g/mol. The molecule has 0 atom stereocenters. The first kappa shape index (κ1) is 14.9. The number of aromatic amines is 1. The molecule has 3 aromatic heterocycles. The van der Waals surface area contributed by atoms with Crippen LogP contribution >= 0.6 is 0 Å². The molecule has 3 heterocycles. The van der Waals surface area contributed by atoms with Gasteiger partial charge < -0.3 is 9.72 Å². The molecule has 1 aliphatic rings. The lowest BCUT2D eigenvalue weighted by molar-refractivity contribution is -0.129. The van der Waals surface area contributed by atoms with Gasteiger partial charge in [0.1, 0.15) is 11.9 Å². The maximum absolute atomic E-state index is 12.3. The Bertz CT molecular complexity index is 910. The van der Waals surface area contributed by atoms with Gasteiger partial charge >= 0.3 is 0 Å². The number of Topliss-reactive ketones (excluding diaryl/α,β-unsaturated/α-hetero) is 1. The van der Waals surface area contributed by atoms with Crippen LogP contribution in [0.4, 0.5) is 0 Å². The molecule has 5 nitrogen and oxygen atoms in total. The van der Waals surface area contributed by atoms with E-state index in [2.05, 4.69) is 15.0 Å². The fourth-order valence-corrected chi connectivity index (χ4v) is 3.64. The lowest BCUT2D eigenvalue weighted by atomic mass is 9.60. The molecule has 4 rings (SSSR count). The number of hydrogen-bond donors (Lipinski definition) is 1. The lowest BCUT2D eigenvalue weighted by Crippen LogP contribution is -2.52. The van der Waals surface area contributed by atoms with Gasteiger partial charge in [-0.05, 0) is 37.6 Å². The molecule has 0 amide bonds. The van der Waals surface area contributed by atoms with Crippen LogP contribution < -0.4 is 4.74 Å². The molecule has 1 saturated carbocycles. The molecule has 1 N–H and O–H groups in total. The number of ketones is 1. The number of H-pyrrole nitrogens is 1. The van der Waals surface area contributed by atoms with Crippen LogP contribution in [0, 0.1) is 6.92 Å². The van der Waals surface area contributed by atoms with Crippen molar-refractivity contribution < 1.29 is 9.53 Å². The molecule has 1 fully saturated rings. The zero-order valence-electron chi connectivity index (χ0n) is 13.7. The number of rotatable bonds is 4. The average Bonchev–Trinajstić information content (AvgIpc) is 2.98. The minimum Gasteiger partial charge on any atom is -0.474 e. The Labute approximate surface area is 140 Å². The third-order valence-corrected chi connectivity index (χ3v) is 5.02. The van der Waals surface area contributed by atoms with E-state index < -0.39 is 5.41 Å². The number of aromatic nitrogens is 3. The van der Waals surface area contributed by atoms with E-state index in [0.717, 1.165) is 22.3 Å². The molecule has 0 aromatic carbocycles. The van der Waals surface area contributed by atoms with Crippen LogP contribution in [0.5, 0.6) is 5.88 Å². The molecule has 1 aliphatic carbocycles. The average molecular weight is 321 g/mol. The van der Waals surface area contributed by atoms with Crippen molar-refractivity contribution in [2.24, 2.45) is 0 Å². The van der Waals surface area contributed by atoms with Crippen LogP contribution in [0.15, 0.2) is 42.7 Å². The summed E-state index contributed by atoms with van der Waals surface area (Å²) in [6.45, 7) is 3.61. The largest absolute Gasteiger partial charge is 0.474 e. The van der Waals surface area contributed by atoms with Gasteiger partial charge in [0.05, 0.1) is 16.4 Å². The normalized spacial score (nSPS) is 23.0. The Kier molecular flexibility index (Phi) is 3.37. The molecule has 3 aromatic rings. The number of pyridine rings is 2. The molecule has 0 aliphatic heterocycles. The highest BCUT2D eigenvalue weighted by Gasteiger charge is 2.51. The lowest BCUT2D eigenvalue weighted by Gasteiger charge is -2.46. The third kappa shape index (κ3) is 2.28. The SMILES string of the molecule is CC(=O)C1(c2cccnc2C)CC(Oc2ccc3[nH]ccc3n2)C1. The summed E-state index contributed by atoms with van der Waals surface area (Å²) in [6, 6.07) is 9.64. The standard InChI is InChI=1S/C19H19N3O2/c1-12-15(4-3-8-20-12)19(13(2)23)10-14(11-19)24-18-6-5-16-17(22-18)7-9-21-16/h3-9,14,21H,10-11H2,1-2H3. The first-order valence-electron chi connectivity index (χ1n) is 8.12.